The summed E-state index contributed by atoms with van der Waals surface area (Å²) in [5.41, 5.74) is -0.0110. The summed E-state index contributed by atoms with van der Waals surface area (Å²) in [5, 5.41) is 9.12. The van der Waals surface area contributed by atoms with Crippen molar-refractivity contribution in [1.29, 1.82) is 0 Å². The van der Waals surface area contributed by atoms with Crippen molar-refractivity contribution >= 4 is 13.2 Å². The zero-order valence-electron chi connectivity index (χ0n) is 13.2. The van der Waals surface area contributed by atoms with Gasteiger partial charge in [0.15, 0.2) is 0 Å². The highest BCUT2D eigenvalue weighted by molar-refractivity contribution is 6.55. The van der Waals surface area contributed by atoms with E-state index in [-0.39, 0.29) is 16.6 Å². The van der Waals surface area contributed by atoms with E-state index in [1.165, 1.54) is 4.90 Å². The van der Waals surface area contributed by atoms with Gasteiger partial charge in [0.25, 0.3) is 0 Å². The molecule has 2 rings (SSSR count). The molecule has 0 aromatic carbocycles. The zero-order chi connectivity index (χ0) is 15.3. The van der Waals surface area contributed by atoms with Gasteiger partial charge in [-0.05, 0) is 33.2 Å². The molecule has 0 spiro atoms. The van der Waals surface area contributed by atoms with Gasteiger partial charge in [-0.2, -0.15) is 0 Å². The average Bonchev–Trinajstić information content (AvgIpc) is 2.45. The quantitative estimate of drug-likeness (QED) is 0.750. The molecule has 0 bridgehead atoms. The monoisotopic (exact) mass is 281 g/mol. The van der Waals surface area contributed by atoms with Crippen molar-refractivity contribution in [2.45, 2.75) is 52.7 Å². The predicted octanol–water partition coefficient (Wildman–Crippen LogP) is 2.56. The Kier molecular flexibility index (Phi) is 3.46. The topological polar surface area (TPSA) is 59.0 Å². The molecular weight excluding hydrogens is 257 g/mol. The summed E-state index contributed by atoms with van der Waals surface area (Å²) < 4.78 is 12.2. The summed E-state index contributed by atoms with van der Waals surface area (Å²) in [6.45, 7) is 13.0. The van der Waals surface area contributed by atoms with Crippen LogP contribution in [-0.2, 0) is 9.31 Å². The van der Waals surface area contributed by atoms with Gasteiger partial charge in [0.2, 0.25) is 0 Å². The molecule has 5 nitrogen and oxygen atoms in total. The molecule has 2 heterocycles. The van der Waals surface area contributed by atoms with Gasteiger partial charge in [0, 0.05) is 18.5 Å². The van der Waals surface area contributed by atoms with Gasteiger partial charge in [-0.3, -0.25) is 0 Å². The fourth-order valence-electron chi connectivity index (χ4n) is 2.65. The van der Waals surface area contributed by atoms with Gasteiger partial charge in [0.05, 0.1) is 11.2 Å². The lowest BCUT2D eigenvalue weighted by Gasteiger charge is -2.38. The minimum absolute atomic E-state index is 0.294. The van der Waals surface area contributed by atoms with Gasteiger partial charge in [0.1, 0.15) is 0 Å². The fraction of sp³-hybridized carbons (Fsp3) is 0.786. The highest BCUT2D eigenvalue weighted by atomic mass is 16.7. The summed E-state index contributed by atoms with van der Waals surface area (Å²) in [6.07, 6.45) is 1.04. The first kappa shape index (κ1) is 15.4. The van der Waals surface area contributed by atoms with Crippen molar-refractivity contribution < 1.29 is 19.2 Å². The summed E-state index contributed by atoms with van der Waals surface area (Å²) in [5.74, 6) is 0. The van der Waals surface area contributed by atoms with Crippen LogP contribution in [0.5, 0.6) is 0 Å². The molecule has 1 amide bonds. The van der Waals surface area contributed by atoms with E-state index in [2.05, 4.69) is 0 Å². The fourth-order valence-corrected chi connectivity index (χ4v) is 2.65. The number of hydrogen-bond donors (Lipinski definition) is 1. The van der Waals surface area contributed by atoms with Crippen LogP contribution >= 0.6 is 0 Å². The van der Waals surface area contributed by atoms with Crippen LogP contribution in [0.4, 0.5) is 4.79 Å². The van der Waals surface area contributed by atoms with E-state index in [1.54, 1.807) is 0 Å². The molecule has 0 aromatic rings. The Morgan fingerprint density at radius 2 is 1.70 bits per heavy atom. The maximum atomic E-state index is 11.1. The van der Waals surface area contributed by atoms with Crippen LogP contribution in [0.1, 0.15) is 41.5 Å². The number of carbonyl (C=O) groups is 1. The minimum Gasteiger partial charge on any atom is -0.465 e. The molecule has 0 radical (unpaired) electrons. The Morgan fingerprint density at radius 3 is 2.10 bits per heavy atom. The van der Waals surface area contributed by atoms with Crippen molar-refractivity contribution in [3.63, 3.8) is 0 Å². The summed E-state index contributed by atoms with van der Waals surface area (Å²) in [4.78, 5) is 12.5. The van der Waals surface area contributed by atoms with Crippen LogP contribution in [0.25, 0.3) is 0 Å². The second-order valence-electron chi connectivity index (χ2n) is 7.29. The Hall–Kier alpha value is -1.01. The van der Waals surface area contributed by atoms with Gasteiger partial charge in [-0.25, -0.2) is 4.79 Å². The summed E-state index contributed by atoms with van der Waals surface area (Å²) >= 11 is 0. The van der Waals surface area contributed by atoms with Crippen molar-refractivity contribution in [3.05, 3.63) is 11.5 Å². The normalized spacial score (nSPS) is 27.4. The summed E-state index contributed by atoms with van der Waals surface area (Å²) in [7, 11) is -0.397. The molecule has 0 aliphatic carbocycles. The van der Waals surface area contributed by atoms with Gasteiger partial charge >= 0.3 is 13.2 Å². The van der Waals surface area contributed by atoms with E-state index in [1.807, 2.05) is 47.6 Å². The maximum Gasteiger partial charge on any atom is 0.490 e. The van der Waals surface area contributed by atoms with Crippen molar-refractivity contribution in [1.82, 2.24) is 4.90 Å². The first-order valence-electron chi connectivity index (χ1n) is 7.00. The first-order valence-corrected chi connectivity index (χ1v) is 7.00. The van der Waals surface area contributed by atoms with Crippen molar-refractivity contribution in [3.8, 4) is 0 Å². The molecule has 1 saturated heterocycles. The number of hydrogen-bond acceptors (Lipinski definition) is 3. The number of nitrogens with zero attached hydrogens (tertiary/aromatic N) is 1. The van der Waals surface area contributed by atoms with Gasteiger partial charge in [-0.1, -0.05) is 19.9 Å². The Labute approximate surface area is 121 Å². The van der Waals surface area contributed by atoms with Gasteiger partial charge < -0.3 is 19.3 Å². The lowest BCUT2D eigenvalue weighted by atomic mass is 9.62. The van der Waals surface area contributed by atoms with E-state index in [0.29, 0.717) is 13.1 Å². The number of amides is 1. The van der Waals surface area contributed by atoms with E-state index in [9.17, 15) is 4.79 Å². The third-order valence-electron chi connectivity index (χ3n) is 4.68. The van der Waals surface area contributed by atoms with Crippen LogP contribution in [0.15, 0.2) is 11.5 Å². The van der Waals surface area contributed by atoms with E-state index in [0.717, 1.165) is 5.47 Å². The van der Waals surface area contributed by atoms with Gasteiger partial charge in [-0.15, -0.1) is 0 Å². The molecule has 2 aliphatic rings. The highest BCUT2D eigenvalue weighted by Gasteiger charge is 2.55. The zero-order valence-corrected chi connectivity index (χ0v) is 13.2. The Balaban J connectivity index is 2.24. The molecule has 1 fully saturated rings. The minimum atomic E-state index is -0.887. The third kappa shape index (κ3) is 2.47. The van der Waals surface area contributed by atoms with Crippen LogP contribution in [0.3, 0.4) is 0 Å². The van der Waals surface area contributed by atoms with E-state index < -0.39 is 13.2 Å². The van der Waals surface area contributed by atoms with Crippen LogP contribution in [0, 0.1) is 5.41 Å². The molecule has 0 saturated carbocycles. The molecular formula is C14H24BNO4. The van der Waals surface area contributed by atoms with Crippen LogP contribution < -0.4 is 0 Å². The van der Waals surface area contributed by atoms with Crippen molar-refractivity contribution in [2.75, 3.05) is 13.1 Å². The van der Waals surface area contributed by atoms with E-state index >= 15 is 0 Å². The molecule has 112 valence electrons. The molecule has 0 unspecified atom stereocenters. The van der Waals surface area contributed by atoms with Crippen LogP contribution in [-0.4, -0.2) is 47.5 Å². The molecule has 2 aliphatic heterocycles. The predicted molar refractivity (Wildman–Crippen MR) is 77.5 cm³/mol. The average molecular weight is 281 g/mol. The van der Waals surface area contributed by atoms with E-state index in [4.69, 9.17) is 14.4 Å². The standard InChI is InChI=1S/C14H24BNO4/c1-12(2)9-16(11(17)18)8-7-10(12)15-19-13(3,4)14(5,6)20-15/h7H,8-9H2,1-6H3,(H,17,18). The largest absolute Gasteiger partial charge is 0.490 e. The lowest BCUT2D eigenvalue weighted by molar-refractivity contribution is 0.00578. The number of carboxylic acid groups (broad SMARTS) is 1. The molecule has 0 aromatic heterocycles. The third-order valence-corrected chi connectivity index (χ3v) is 4.68. The SMILES string of the molecule is CC1(C)CN(C(=O)O)CC=C1B1OC(C)(C)C(C)(C)O1. The maximum absolute atomic E-state index is 11.1. The Morgan fingerprint density at radius 1 is 1.20 bits per heavy atom. The smallest absolute Gasteiger partial charge is 0.465 e. The van der Waals surface area contributed by atoms with Crippen LogP contribution in [0.2, 0.25) is 0 Å². The van der Waals surface area contributed by atoms with Crippen molar-refractivity contribution in [2.24, 2.45) is 5.41 Å². The second-order valence-corrected chi connectivity index (χ2v) is 7.29. The molecule has 6 heteroatoms. The molecule has 20 heavy (non-hydrogen) atoms. The highest BCUT2D eigenvalue weighted by Crippen LogP contribution is 2.43. The molecule has 1 N–H and O–H groups in total. The summed E-state index contributed by atoms with van der Waals surface area (Å²) in [6, 6.07) is 0. The molecule has 0 atom stereocenters. The second kappa shape index (κ2) is 4.50. The Bertz CT molecular complexity index is 440. The lowest BCUT2D eigenvalue weighted by Crippen LogP contribution is -2.46. The number of rotatable bonds is 1. The first-order chi connectivity index (χ1) is 8.96.